The van der Waals surface area contributed by atoms with E-state index in [9.17, 15) is 9.59 Å². The SMILES string of the molecule is Cc1ccc(Oc2ccccc2NC(=O)CN(C)CC(=O)Nc2c(Cl)cccc2Cl)cc1. The molecule has 0 atom stereocenters. The van der Waals surface area contributed by atoms with Crippen molar-refractivity contribution in [3.8, 4) is 11.5 Å². The molecule has 0 bridgehead atoms. The predicted octanol–water partition coefficient (Wildman–Crippen LogP) is 5.60. The average Bonchev–Trinajstić information content (AvgIpc) is 2.73. The summed E-state index contributed by atoms with van der Waals surface area (Å²) in [6, 6.07) is 19.8. The Balaban J connectivity index is 1.56. The molecule has 0 radical (unpaired) electrons. The fraction of sp³-hybridized carbons (Fsp3) is 0.167. The number of ether oxygens (including phenoxy) is 1. The molecule has 3 rings (SSSR count). The molecule has 3 aromatic rings. The van der Waals surface area contributed by atoms with Crippen molar-refractivity contribution < 1.29 is 14.3 Å². The topological polar surface area (TPSA) is 70.7 Å². The van der Waals surface area contributed by atoms with Crippen LogP contribution in [0.25, 0.3) is 0 Å². The molecule has 0 aliphatic heterocycles. The average molecular weight is 472 g/mol. The number of amides is 2. The van der Waals surface area contributed by atoms with Crippen molar-refractivity contribution in [2.24, 2.45) is 0 Å². The van der Waals surface area contributed by atoms with Gasteiger partial charge in [-0.2, -0.15) is 0 Å². The Kier molecular flexibility index (Phi) is 8.11. The number of hydrogen-bond acceptors (Lipinski definition) is 4. The number of halogens is 2. The van der Waals surface area contributed by atoms with Crippen molar-refractivity contribution in [2.45, 2.75) is 6.92 Å². The molecule has 0 spiro atoms. The highest BCUT2D eigenvalue weighted by molar-refractivity contribution is 6.39. The molecule has 0 aliphatic rings. The predicted molar refractivity (Wildman–Crippen MR) is 129 cm³/mol. The summed E-state index contributed by atoms with van der Waals surface area (Å²) in [4.78, 5) is 26.4. The third-order valence-electron chi connectivity index (χ3n) is 4.46. The number of carbonyl (C=O) groups excluding carboxylic acids is 2. The Morgan fingerprint density at radius 1 is 0.844 bits per heavy atom. The Morgan fingerprint density at radius 2 is 1.44 bits per heavy atom. The fourth-order valence-electron chi connectivity index (χ4n) is 2.92. The quantitative estimate of drug-likeness (QED) is 0.448. The lowest BCUT2D eigenvalue weighted by molar-refractivity contribution is -0.119. The van der Waals surface area contributed by atoms with Gasteiger partial charge in [-0.1, -0.05) is 59.1 Å². The monoisotopic (exact) mass is 471 g/mol. The Bertz CT molecular complexity index is 1080. The minimum absolute atomic E-state index is 0.00252. The molecule has 3 aromatic carbocycles. The van der Waals surface area contributed by atoms with Crippen LogP contribution in [0.4, 0.5) is 11.4 Å². The van der Waals surface area contributed by atoms with Crippen molar-refractivity contribution in [2.75, 3.05) is 30.8 Å². The van der Waals surface area contributed by atoms with Crippen molar-refractivity contribution in [3.05, 3.63) is 82.3 Å². The summed E-state index contributed by atoms with van der Waals surface area (Å²) < 4.78 is 5.91. The molecular formula is C24H23Cl2N3O3. The molecule has 8 heteroatoms. The Hall–Kier alpha value is -3.06. The number of nitrogens with one attached hydrogen (secondary N) is 2. The van der Waals surface area contributed by atoms with Crippen LogP contribution >= 0.6 is 23.2 Å². The number of aryl methyl sites for hydroxylation is 1. The van der Waals surface area contributed by atoms with Gasteiger partial charge in [0, 0.05) is 0 Å². The number of carbonyl (C=O) groups is 2. The van der Waals surface area contributed by atoms with Gasteiger partial charge in [0.15, 0.2) is 5.75 Å². The third kappa shape index (κ3) is 6.72. The van der Waals surface area contributed by atoms with E-state index >= 15 is 0 Å². The first kappa shape index (κ1) is 23.6. The van der Waals surface area contributed by atoms with E-state index in [2.05, 4.69) is 10.6 Å². The molecule has 0 unspecified atom stereocenters. The van der Waals surface area contributed by atoms with Gasteiger partial charge in [-0.25, -0.2) is 0 Å². The van der Waals surface area contributed by atoms with Crippen LogP contribution in [-0.4, -0.2) is 36.9 Å². The summed E-state index contributed by atoms with van der Waals surface area (Å²) in [6.07, 6.45) is 0. The van der Waals surface area contributed by atoms with Crippen molar-refractivity contribution in [1.29, 1.82) is 0 Å². The largest absolute Gasteiger partial charge is 0.455 e. The minimum atomic E-state index is -0.335. The van der Waals surface area contributed by atoms with E-state index in [1.807, 2.05) is 43.3 Å². The number of rotatable bonds is 8. The normalized spacial score (nSPS) is 10.7. The molecule has 32 heavy (non-hydrogen) atoms. The van der Waals surface area contributed by atoms with Gasteiger partial charge in [0.1, 0.15) is 5.75 Å². The van der Waals surface area contributed by atoms with E-state index < -0.39 is 0 Å². The van der Waals surface area contributed by atoms with Crippen LogP contribution < -0.4 is 15.4 Å². The third-order valence-corrected chi connectivity index (χ3v) is 5.09. The molecular weight excluding hydrogens is 449 g/mol. The molecule has 2 amide bonds. The number of para-hydroxylation sites is 3. The second-order valence-electron chi connectivity index (χ2n) is 7.28. The van der Waals surface area contributed by atoms with Crippen LogP contribution in [0.15, 0.2) is 66.7 Å². The van der Waals surface area contributed by atoms with E-state index in [4.69, 9.17) is 27.9 Å². The van der Waals surface area contributed by atoms with Crippen LogP contribution in [0.1, 0.15) is 5.56 Å². The Morgan fingerprint density at radius 3 is 2.09 bits per heavy atom. The van der Waals surface area contributed by atoms with Crippen LogP contribution in [0.3, 0.4) is 0 Å². The maximum atomic E-state index is 12.5. The molecule has 2 N–H and O–H groups in total. The van der Waals surface area contributed by atoms with Crippen molar-refractivity contribution in [3.63, 3.8) is 0 Å². The van der Waals surface area contributed by atoms with Crippen molar-refractivity contribution >= 4 is 46.4 Å². The highest BCUT2D eigenvalue weighted by Gasteiger charge is 2.15. The van der Waals surface area contributed by atoms with Gasteiger partial charge in [-0.05, 0) is 50.4 Å². The first-order valence-electron chi connectivity index (χ1n) is 9.87. The summed E-state index contributed by atoms with van der Waals surface area (Å²) in [6.45, 7) is 1.98. The molecule has 6 nitrogen and oxygen atoms in total. The second kappa shape index (κ2) is 11.0. The van der Waals surface area contributed by atoms with E-state index in [-0.39, 0.29) is 24.9 Å². The lowest BCUT2D eigenvalue weighted by atomic mass is 10.2. The molecule has 0 saturated heterocycles. The van der Waals surface area contributed by atoms with Crippen LogP contribution in [0, 0.1) is 6.92 Å². The first-order valence-corrected chi connectivity index (χ1v) is 10.6. The van der Waals surface area contributed by atoms with E-state index in [0.29, 0.717) is 32.9 Å². The molecule has 0 saturated carbocycles. The second-order valence-corrected chi connectivity index (χ2v) is 8.09. The molecule has 0 heterocycles. The minimum Gasteiger partial charge on any atom is -0.455 e. The smallest absolute Gasteiger partial charge is 0.238 e. The van der Waals surface area contributed by atoms with E-state index in [1.165, 1.54) is 0 Å². The lowest BCUT2D eigenvalue weighted by Crippen LogP contribution is -2.36. The Labute approximate surface area is 197 Å². The number of anilines is 2. The highest BCUT2D eigenvalue weighted by atomic mass is 35.5. The standard InChI is InChI=1S/C24H23Cl2N3O3/c1-16-10-12-17(13-11-16)32-21-9-4-3-8-20(21)27-22(30)14-29(2)15-23(31)28-24-18(25)6-5-7-19(24)26/h3-13H,14-15H2,1-2H3,(H,27,30)(H,28,31). The van der Waals surface area contributed by atoms with Gasteiger partial charge < -0.3 is 15.4 Å². The summed E-state index contributed by atoms with van der Waals surface area (Å²) in [5, 5.41) is 6.20. The molecule has 0 aromatic heterocycles. The zero-order valence-electron chi connectivity index (χ0n) is 17.7. The summed E-state index contributed by atoms with van der Waals surface area (Å²) in [5.74, 6) is 0.581. The van der Waals surface area contributed by atoms with E-state index in [0.717, 1.165) is 5.56 Å². The first-order chi connectivity index (χ1) is 15.3. The number of likely N-dealkylation sites (N-methyl/N-ethyl adjacent to an activating group) is 1. The maximum Gasteiger partial charge on any atom is 0.238 e. The number of hydrogen-bond donors (Lipinski definition) is 2. The summed E-state index contributed by atoms with van der Waals surface area (Å²) in [7, 11) is 1.67. The highest BCUT2D eigenvalue weighted by Crippen LogP contribution is 2.30. The number of nitrogens with zero attached hydrogens (tertiary/aromatic N) is 1. The van der Waals surface area contributed by atoms with Gasteiger partial charge in [-0.15, -0.1) is 0 Å². The van der Waals surface area contributed by atoms with Crippen LogP contribution in [-0.2, 0) is 9.59 Å². The van der Waals surface area contributed by atoms with Gasteiger partial charge in [-0.3, -0.25) is 14.5 Å². The fourth-order valence-corrected chi connectivity index (χ4v) is 3.42. The van der Waals surface area contributed by atoms with Crippen LogP contribution in [0.5, 0.6) is 11.5 Å². The zero-order valence-corrected chi connectivity index (χ0v) is 19.2. The molecule has 0 fully saturated rings. The van der Waals surface area contributed by atoms with Gasteiger partial charge in [0.2, 0.25) is 11.8 Å². The maximum absolute atomic E-state index is 12.5. The summed E-state index contributed by atoms with van der Waals surface area (Å²) in [5.41, 5.74) is 2.02. The summed E-state index contributed by atoms with van der Waals surface area (Å²) >= 11 is 12.2. The number of benzene rings is 3. The zero-order chi connectivity index (χ0) is 23.1. The molecule has 166 valence electrons. The van der Waals surface area contributed by atoms with Gasteiger partial charge >= 0.3 is 0 Å². The van der Waals surface area contributed by atoms with Gasteiger partial charge in [0.25, 0.3) is 0 Å². The van der Waals surface area contributed by atoms with Gasteiger partial charge in [0.05, 0.1) is 34.5 Å². The van der Waals surface area contributed by atoms with Crippen LogP contribution in [0.2, 0.25) is 10.0 Å². The lowest BCUT2D eigenvalue weighted by Gasteiger charge is -2.18. The van der Waals surface area contributed by atoms with E-state index in [1.54, 1.807) is 42.3 Å². The molecule has 0 aliphatic carbocycles. The van der Waals surface area contributed by atoms with Crippen molar-refractivity contribution in [1.82, 2.24) is 4.90 Å².